The molecule has 0 unspecified atom stereocenters. The maximum Gasteiger partial charge on any atom is 0.147 e. The maximum absolute atomic E-state index is 4.35. The van der Waals surface area contributed by atoms with Crippen molar-refractivity contribution in [3.63, 3.8) is 0 Å². The zero-order chi connectivity index (χ0) is 16.2. The Morgan fingerprint density at radius 1 is 1.39 bits per heavy atom. The van der Waals surface area contributed by atoms with Crippen LogP contribution < -0.4 is 0 Å². The summed E-state index contributed by atoms with van der Waals surface area (Å²) in [5.74, 6) is 2.10. The number of aryl methyl sites for hydroxylation is 1. The van der Waals surface area contributed by atoms with Crippen molar-refractivity contribution in [3.05, 3.63) is 34.0 Å². The Bertz CT molecular complexity index is 607. The first kappa shape index (κ1) is 16.6. The van der Waals surface area contributed by atoms with Crippen molar-refractivity contribution < 1.29 is 0 Å². The highest BCUT2D eigenvalue weighted by Crippen LogP contribution is 2.18. The molecule has 0 saturated carbocycles. The Balaban J connectivity index is 1.49. The first-order chi connectivity index (χ1) is 11.2. The van der Waals surface area contributed by atoms with Gasteiger partial charge in [0.15, 0.2) is 0 Å². The molecule has 1 aliphatic rings. The Labute approximate surface area is 142 Å². The number of nitrogens with zero attached hydrogens (tertiary/aromatic N) is 5. The van der Waals surface area contributed by atoms with Crippen LogP contribution in [0.5, 0.6) is 0 Å². The molecule has 0 aromatic carbocycles. The number of hydrogen-bond acceptors (Lipinski definition) is 5. The topological polar surface area (TPSA) is 37.2 Å². The number of thiophene rings is 1. The molecule has 2 aromatic rings. The molecular weight excluding hydrogens is 306 g/mol. The average molecular weight is 334 g/mol. The van der Waals surface area contributed by atoms with Crippen LogP contribution in [0, 0.1) is 6.92 Å². The molecule has 5 nitrogen and oxygen atoms in total. The van der Waals surface area contributed by atoms with E-state index in [1.807, 2.05) is 18.3 Å². The largest absolute Gasteiger partial charge is 0.314 e. The molecule has 6 heteroatoms. The van der Waals surface area contributed by atoms with Crippen molar-refractivity contribution >= 4 is 11.3 Å². The number of hydrogen-bond donors (Lipinski definition) is 0. The highest BCUT2D eigenvalue weighted by molar-refractivity contribution is 7.09. The first-order valence-corrected chi connectivity index (χ1v) is 9.39. The van der Waals surface area contributed by atoms with Gasteiger partial charge in [0.1, 0.15) is 11.6 Å². The molecule has 0 bridgehead atoms. The predicted octanol–water partition coefficient (Wildman–Crippen LogP) is 2.42. The summed E-state index contributed by atoms with van der Waals surface area (Å²) in [6.45, 7) is 9.57. The van der Waals surface area contributed by atoms with E-state index in [1.165, 1.54) is 37.4 Å². The van der Waals surface area contributed by atoms with Gasteiger partial charge in [0, 0.05) is 30.6 Å². The van der Waals surface area contributed by atoms with Crippen molar-refractivity contribution in [2.45, 2.75) is 45.8 Å². The van der Waals surface area contributed by atoms with Crippen LogP contribution in [0.1, 0.15) is 29.9 Å². The summed E-state index contributed by atoms with van der Waals surface area (Å²) in [6.07, 6.45) is 2.43. The summed E-state index contributed by atoms with van der Waals surface area (Å²) < 4.78 is 2.21. The second-order valence-electron chi connectivity index (χ2n) is 6.40. The van der Waals surface area contributed by atoms with E-state index in [0.29, 0.717) is 6.04 Å². The first-order valence-electron chi connectivity index (χ1n) is 8.51. The summed E-state index contributed by atoms with van der Waals surface area (Å²) in [7, 11) is 2.22. The molecule has 126 valence electrons. The third-order valence-corrected chi connectivity index (χ3v) is 5.78. The molecule has 1 saturated heterocycles. The minimum absolute atomic E-state index is 0.626. The standard InChI is InChI=1S/C17H27N5S/c1-4-22-14(2)18-19-17(22)13-20(3)15-7-9-21(12-15)10-8-16-6-5-11-23-16/h5-6,11,15H,4,7-10,12-13H2,1-3H3/t15-/m0/s1. The van der Waals surface area contributed by atoms with Gasteiger partial charge in [0.2, 0.25) is 0 Å². The Kier molecular flexibility index (Phi) is 5.46. The lowest BCUT2D eigenvalue weighted by atomic mass is 10.2. The third-order valence-electron chi connectivity index (χ3n) is 4.84. The van der Waals surface area contributed by atoms with Crippen LogP contribution in [-0.2, 0) is 19.5 Å². The summed E-state index contributed by atoms with van der Waals surface area (Å²) in [6, 6.07) is 5.01. The molecular formula is C17H27N5S. The van der Waals surface area contributed by atoms with Gasteiger partial charge < -0.3 is 9.47 Å². The molecule has 23 heavy (non-hydrogen) atoms. The van der Waals surface area contributed by atoms with Crippen molar-refractivity contribution in [2.24, 2.45) is 0 Å². The SMILES string of the molecule is CCn1c(C)nnc1CN(C)[C@H]1CCN(CCc2cccs2)C1. The van der Waals surface area contributed by atoms with Gasteiger partial charge in [-0.15, -0.1) is 21.5 Å². The lowest BCUT2D eigenvalue weighted by Gasteiger charge is -2.24. The van der Waals surface area contributed by atoms with Crippen molar-refractivity contribution in [3.8, 4) is 0 Å². The van der Waals surface area contributed by atoms with Crippen LogP contribution >= 0.6 is 11.3 Å². The monoisotopic (exact) mass is 333 g/mol. The fourth-order valence-electron chi connectivity index (χ4n) is 3.40. The molecule has 0 N–H and O–H groups in total. The minimum Gasteiger partial charge on any atom is -0.314 e. The van der Waals surface area contributed by atoms with Gasteiger partial charge >= 0.3 is 0 Å². The molecule has 1 atom stereocenters. The van der Waals surface area contributed by atoms with Crippen LogP contribution in [0.15, 0.2) is 17.5 Å². The van der Waals surface area contributed by atoms with Crippen molar-refractivity contribution in [1.29, 1.82) is 0 Å². The fourth-order valence-corrected chi connectivity index (χ4v) is 4.10. The summed E-state index contributed by atoms with van der Waals surface area (Å²) in [4.78, 5) is 6.53. The third kappa shape index (κ3) is 4.00. The van der Waals surface area contributed by atoms with Crippen LogP contribution in [-0.4, -0.2) is 57.3 Å². The number of likely N-dealkylation sites (N-methyl/N-ethyl adjacent to an activating group) is 1. The molecule has 2 aromatic heterocycles. The Morgan fingerprint density at radius 3 is 3.00 bits per heavy atom. The highest BCUT2D eigenvalue weighted by atomic mass is 32.1. The molecule has 0 aliphatic carbocycles. The van der Waals surface area contributed by atoms with E-state index in [2.05, 4.69) is 56.0 Å². The van der Waals surface area contributed by atoms with E-state index in [1.54, 1.807) is 0 Å². The smallest absolute Gasteiger partial charge is 0.147 e. The number of likely N-dealkylation sites (tertiary alicyclic amines) is 1. The molecule has 0 amide bonds. The molecule has 3 rings (SSSR count). The van der Waals surface area contributed by atoms with Gasteiger partial charge in [-0.25, -0.2) is 0 Å². The van der Waals surface area contributed by atoms with E-state index >= 15 is 0 Å². The van der Waals surface area contributed by atoms with E-state index < -0.39 is 0 Å². The molecule has 0 spiro atoms. The predicted molar refractivity (Wildman–Crippen MR) is 94.8 cm³/mol. The lowest BCUT2D eigenvalue weighted by Crippen LogP contribution is -2.35. The molecule has 0 radical (unpaired) electrons. The second kappa shape index (κ2) is 7.55. The zero-order valence-corrected chi connectivity index (χ0v) is 15.2. The summed E-state index contributed by atoms with van der Waals surface area (Å²) in [5, 5.41) is 10.7. The zero-order valence-electron chi connectivity index (χ0n) is 14.4. The lowest BCUT2D eigenvalue weighted by molar-refractivity contribution is 0.218. The van der Waals surface area contributed by atoms with Crippen LogP contribution in [0.3, 0.4) is 0 Å². The van der Waals surface area contributed by atoms with Crippen molar-refractivity contribution in [1.82, 2.24) is 24.6 Å². The van der Waals surface area contributed by atoms with E-state index in [9.17, 15) is 0 Å². The Morgan fingerprint density at radius 2 is 2.26 bits per heavy atom. The van der Waals surface area contributed by atoms with Gasteiger partial charge in [0.25, 0.3) is 0 Å². The summed E-state index contributed by atoms with van der Waals surface area (Å²) >= 11 is 1.87. The minimum atomic E-state index is 0.626. The average Bonchev–Trinajstić information content (AvgIpc) is 3.26. The van der Waals surface area contributed by atoms with Gasteiger partial charge in [0.05, 0.1) is 6.54 Å². The number of rotatable bonds is 7. The second-order valence-corrected chi connectivity index (χ2v) is 7.43. The van der Waals surface area contributed by atoms with Gasteiger partial charge in [-0.3, -0.25) is 4.90 Å². The van der Waals surface area contributed by atoms with Crippen LogP contribution in [0.25, 0.3) is 0 Å². The maximum atomic E-state index is 4.35. The van der Waals surface area contributed by atoms with E-state index in [0.717, 1.165) is 24.7 Å². The fraction of sp³-hybridized carbons (Fsp3) is 0.647. The van der Waals surface area contributed by atoms with Crippen LogP contribution in [0.2, 0.25) is 0 Å². The van der Waals surface area contributed by atoms with Crippen LogP contribution in [0.4, 0.5) is 0 Å². The van der Waals surface area contributed by atoms with Gasteiger partial charge in [-0.2, -0.15) is 0 Å². The molecule has 3 heterocycles. The normalized spacial score (nSPS) is 19.0. The van der Waals surface area contributed by atoms with Gasteiger partial charge in [-0.1, -0.05) is 6.07 Å². The summed E-state index contributed by atoms with van der Waals surface area (Å²) in [5.41, 5.74) is 0. The Hall–Kier alpha value is -1.24. The number of aromatic nitrogens is 3. The van der Waals surface area contributed by atoms with Crippen molar-refractivity contribution in [2.75, 3.05) is 26.7 Å². The molecule has 1 fully saturated rings. The van der Waals surface area contributed by atoms with E-state index in [4.69, 9.17) is 0 Å². The molecule has 1 aliphatic heterocycles. The quantitative estimate of drug-likeness (QED) is 0.780. The highest BCUT2D eigenvalue weighted by Gasteiger charge is 2.26. The van der Waals surface area contributed by atoms with E-state index in [-0.39, 0.29) is 0 Å². The van der Waals surface area contributed by atoms with Gasteiger partial charge in [-0.05, 0) is 51.7 Å².